The van der Waals surface area contributed by atoms with Crippen molar-refractivity contribution in [2.24, 2.45) is 5.73 Å². The van der Waals surface area contributed by atoms with Gasteiger partial charge in [0.25, 0.3) is 0 Å². The highest BCUT2D eigenvalue weighted by Crippen LogP contribution is 2.11. The van der Waals surface area contributed by atoms with Crippen LogP contribution in [0.4, 0.5) is 0 Å². The maximum atomic E-state index is 6.06. The molecule has 0 saturated heterocycles. The first-order chi connectivity index (χ1) is 7.70. The zero-order valence-corrected chi connectivity index (χ0v) is 9.85. The number of hydrogen-bond acceptors (Lipinski definition) is 3. The van der Waals surface area contributed by atoms with Crippen LogP contribution in [0.25, 0.3) is 5.65 Å². The van der Waals surface area contributed by atoms with E-state index in [1.807, 2.05) is 10.6 Å². The predicted octanol–water partition coefficient (Wildman–Crippen LogP) is 1.71. The summed E-state index contributed by atoms with van der Waals surface area (Å²) in [5.74, 6) is 0. The maximum absolute atomic E-state index is 6.06. The summed E-state index contributed by atoms with van der Waals surface area (Å²) in [6, 6.07) is 4.37. The number of pyridine rings is 1. The van der Waals surface area contributed by atoms with E-state index in [1.54, 1.807) is 6.33 Å². The monoisotopic (exact) mass is 218 g/mol. The van der Waals surface area contributed by atoms with Crippen LogP contribution in [0.1, 0.15) is 31.0 Å². The molecule has 0 aliphatic rings. The van der Waals surface area contributed by atoms with Gasteiger partial charge in [-0.15, -0.1) is 0 Å². The van der Waals surface area contributed by atoms with E-state index >= 15 is 0 Å². The molecule has 16 heavy (non-hydrogen) atoms. The quantitative estimate of drug-likeness (QED) is 0.850. The summed E-state index contributed by atoms with van der Waals surface area (Å²) in [6.07, 6.45) is 4.61. The van der Waals surface area contributed by atoms with Gasteiger partial charge < -0.3 is 5.73 Å². The highest BCUT2D eigenvalue weighted by molar-refractivity contribution is 5.41. The van der Waals surface area contributed by atoms with Gasteiger partial charge in [0.2, 0.25) is 0 Å². The molecule has 0 fully saturated rings. The molecular formula is C12H18N4. The summed E-state index contributed by atoms with van der Waals surface area (Å²) in [5, 5.41) is 4.22. The van der Waals surface area contributed by atoms with Gasteiger partial charge in [-0.05, 0) is 31.0 Å². The molecule has 0 saturated carbocycles. The van der Waals surface area contributed by atoms with Crippen molar-refractivity contribution in [3.63, 3.8) is 0 Å². The fourth-order valence-electron chi connectivity index (χ4n) is 2.03. The van der Waals surface area contributed by atoms with Gasteiger partial charge in [-0.2, -0.15) is 5.10 Å². The van der Waals surface area contributed by atoms with E-state index in [4.69, 9.17) is 5.73 Å². The molecule has 0 bridgehead atoms. The molecule has 0 aliphatic heterocycles. The molecule has 0 radical (unpaired) electrons. The Morgan fingerprint density at radius 2 is 2.25 bits per heavy atom. The van der Waals surface area contributed by atoms with Gasteiger partial charge in [-0.1, -0.05) is 13.3 Å². The van der Waals surface area contributed by atoms with E-state index in [0.717, 1.165) is 30.6 Å². The molecule has 0 spiro atoms. The Balaban J connectivity index is 2.31. The van der Waals surface area contributed by atoms with E-state index in [9.17, 15) is 0 Å². The van der Waals surface area contributed by atoms with E-state index in [0.29, 0.717) is 0 Å². The van der Waals surface area contributed by atoms with Crippen LogP contribution in [0.3, 0.4) is 0 Å². The first-order valence-corrected chi connectivity index (χ1v) is 5.75. The van der Waals surface area contributed by atoms with Crippen molar-refractivity contribution in [1.82, 2.24) is 14.6 Å². The lowest BCUT2D eigenvalue weighted by Gasteiger charge is -2.11. The molecular weight excluding hydrogens is 200 g/mol. The van der Waals surface area contributed by atoms with Crippen molar-refractivity contribution >= 4 is 5.65 Å². The van der Waals surface area contributed by atoms with Crippen LogP contribution in [0.5, 0.6) is 0 Å². The minimum atomic E-state index is 0.208. The minimum Gasteiger partial charge on any atom is -0.327 e. The molecule has 0 aliphatic carbocycles. The molecule has 1 unspecified atom stereocenters. The van der Waals surface area contributed by atoms with Crippen molar-refractivity contribution < 1.29 is 0 Å². The fourth-order valence-corrected chi connectivity index (χ4v) is 2.03. The summed E-state index contributed by atoms with van der Waals surface area (Å²) >= 11 is 0. The lowest BCUT2D eigenvalue weighted by Crippen LogP contribution is -2.23. The Labute approximate surface area is 95.5 Å². The summed E-state index contributed by atoms with van der Waals surface area (Å²) in [5.41, 5.74) is 9.32. The van der Waals surface area contributed by atoms with E-state index in [2.05, 4.69) is 30.0 Å². The molecule has 2 rings (SSSR count). The first kappa shape index (κ1) is 11.1. The summed E-state index contributed by atoms with van der Waals surface area (Å²) in [4.78, 5) is 4.20. The van der Waals surface area contributed by atoms with Crippen molar-refractivity contribution in [1.29, 1.82) is 0 Å². The zero-order valence-electron chi connectivity index (χ0n) is 9.85. The Morgan fingerprint density at radius 1 is 1.44 bits per heavy atom. The number of rotatable bonds is 4. The van der Waals surface area contributed by atoms with Gasteiger partial charge in [-0.3, -0.25) is 0 Å². The number of aryl methyl sites for hydroxylation is 1. The highest BCUT2D eigenvalue weighted by Gasteiger charge is 2.08. The SMILES string of the molecule is CCCC(N)Cc1cc(C)cc2ncnn12. The summed E-state index contributed by atoms with van der Waals surface area (Å²) < 4.78 is 1.88. The Kier molecular flexibility index (Phi) is 3.19. The molecule has 2 aromatic heterocycles. The fraction of sp³-hybridized carbons (Fsp3) is 0.500. The standard InChI is InChI=1S/C12H18N4/c1-3-4-10(13)7-11-5-9(2)6-12-14-8-15-16(11)12/h5-6,8,10H,3-4,7,13H2,1-2H3. The van der Waals surface area contributed by atoms with Crippen LogP contribution < -0.4 is 5.73 Å². The third kappa shape index (κ3) is 2.22. The van der Waals surface area contributed by atoms with Crippen molar-refractivity contribution in [2.75, 3.05) is 0 Å². The van der Waals surface area contributed by atoms with Crippen LogP contribution in [0.2, 0.25) is 0 Å². The number of fused-ring (bicyclic) bond motifs is 1. The largest absolute Gasteiger partial charge is 0.327 e. The van der Waals surface area contributed by atoms with Gasteiger partial charge in [0.1, 0.15) is 6.33 Å². The number of nitrogens with two attached hydrogens (primary N) is 1. The molecule has 0 aromatic carbocycles. The Morgan fingerprint density at radius 3 is 3.00 bits per heavy atom. The van der Waals surface area contributed by atoms with Crippen LogP contribution in [0, 0.1) is 6.92 Å². The molecule has 2 heterocycles. The van der Waals surface area contributed by atoms with Gasteiger partial charge in [0.15, 0.2) is 5.65 Å². The van der Waals surface area contributed by atoms with Gasteiger partial charge in [0, 0.05) is 18.2 Å². The lowest BCUT2D eigenvalue weighted by molar-refractivity contribution is 0.585. The zero-order chi connectivity index (χ0) is 11.5. The van der Waals surface area contributed by atoms with Gasteiger partial charge in [0.05, 0.1) is 0 Å². The van der Waals surface area contributed by atoms with Crippen LogP contribution in [-0.4, -0.2) is 20.6 Å². The molecule has 2 aromatic rings. The Hall–Kier alpha value is -1.42. The topological polar surface area (TPSA) is 56.2 Å². The average Bonchev–Trinajstić information content (AvgIpc) is 2.65. The van der Waals surface area contributed by atoms with E-state index < -0.39 is 0 Å². The second-order valence-electron chi connectivity index (χ2n) is 4.31. The molecule has 2 N–H and O–H groups in total. The Bertz CT molecular complexity index is 475. The third-order valence-corrected chi connectivity index (χ3v) is 2.73. The third-order valence-electron chi connectivity index (χ3n) is 2.73. The first-order valence-electron chi connectivity index (χ1n) is 5.75. The minimum absolute atomic E-state index is 0.208. The number of aromatic nitrogens is 3. The molecule has 4 nitrogen and oxygen atoms in total. The summed E-state index contributed by atoms with van der Waals surface area (Å²) in [6.45, 7) is 4.23. The normalized spacial score (nSPS) is 13.2. The predicted molar refractivity (Wildman–Crippen MR) is 64.3 cm³/mol. The molecule has 86 valence electrons. The lowest BCUT2D eigenvalue weighted by atomic mass is 10.1. The number of hydrogen-bond donors (Lipinski definition) is 1. The second-order valence-corrected chi connectivity index (χ2v) is 4.31. The molecule has 4 heteroatoms. The van der Waals surface area contributed by atoms with Crippen molar-refractivity contribution in [2.45, 2.75) is 39.2 Å². The molecule has 0 amide bonds. The van der Waals surface area contributed by atoms with E-state index in [-0.39, 0.29) is 6.04 Å². The molecule has 1 atom stereocenters. The van der Waals surface area contributed by atoms with Crippen LogP contribution in [0.15, 0.2) is 18.5 Å². The van der Waals surface area contributed by atoms with Crippen molar-refractivity contribution in [3.8, 4) is 0 Å². The highest BCUT2D eigenvalue weighted by atomic mass is 15.3. The van der Waals surface area contributed by atoms with Gasteiger partial charge >= 0.3 is 0 Å². The van der Waals surface area contributed by atoms with Crippen LogP contribution >= 0.6 is 0 Å². The van der Waals surface area contributed by atoms with Gasteiger partial charge in [-0.25, -0.2) is 9.50 Å². The maximum Gasteiger partial charge on any atom is 0.155 e. The van der Waals surface area contributed by atoms with E-state index in [1.165, 1.54) is 5.56 Å². The smallest absolute Gasteiger partial charge is 0.155 e. The second kappa shape index (κ2) is 4.61. The summed E-state index contributed by atoms with van der Waals surface area (Å²) in [7, 11) is 0. The van der Waals surface area contributed by atoms with Crippen molar-refractivity contribution in [3.05, 3.63) is 29.7 Å². The average molecular weight is 218 g/mol. The van der Waals surface area contributed by atoms with Crippen LogP contribution in [-0.2, 0) is 6.42 Å². The number of nitrogens with zero attached hydrogens (tertiary/aromatic N) is 3.